The third-order valence-electron chi connectivity index (χ3n) is 6.52. The molecule has 10 heteroatoms. The molecular weight excluding hydrogens is 416 g/mol. The fourth-order valence-corrected chi connectivity index (χ4v) is 4.82. The molecule has 1 amide bonds. The van der Waals surface area contributed by atoms with Gasteiger partial charge in [0, 0.05) is 38.8 Å². The molecule has 0 aliphatic carbocycles. The SMILES string of the molecule is O=C1CNc2ncnc(N3CCN(C(CN4CCCC4)c4ccc(F)c(F)c4)CC3)c2N1. The zero-order chi connectivity index (χ0) is 22.1. The Morgan fingerprint density at radius 3 is 2.53 bits per heavy atom. The molecule has 0 radical (unpaired) electrons. The summed E-state index contributed by atoms with van der Waals surface area (Å²) < 4.78 is 27.6. The van der Waals surface area contributed by atoms with Crippen LogP contribution in [0.1, 0.15) is 24.4 Å². The molecule has 1 aromatic heterocycles. The number of fused-ring (bicyclic) bond motifs is 1. The predicted molar refractivity (Wildman–Crippen MR) is 118 cm³/mol. The minimum Gasteiger partial charge on any atom is -0.359 e. The molecule has 2 saturated heterocycles. The zero-order valence-corrected chi connectivity index (χ0v) is 17.9. The molecule has 0 saturated carbocycles. The van der Waals surface area contributed by atoms with Gasteiger partial charge in [-0.05, 0) is 43.6 Å². The first-order valence-corrected chi connectivity index (χ1v) is 11.1. The average Bonchev–Trinajstić information content (AvgIpc) is 3.32. The number of hydrogen-bond donors (Lipinski definition) is 2. The number of piperazine rings is 1. The van der Waals surface area contributed by atoms with Gasteiger partial charge in [-0.15, -0.1) is 0 Å². The summed E-state index contributed by atoms with van der Waals surface area (Å²) in [5.74, 6) is -0.396. The lowest BCUT2D eigenvalue weighted by atomic mass is 10.0. The van der Waals surface area contributed by atoms with E-state index in [4.69, 9.17) is 0 Å². The van der Waals surface area contributed by atoms with Crippen molar-refractivity contribution in [1.29, 1.82) is 0 Å². The number of halogens is 2. The first-order valence-electron chi connectivity index (χ1n) is 11.1. The van der Waals surface area contributed by atoms with Crippen molar-refractivity contribution in [2.24, 2.45) is 0 Å². The minimum absolute atomic E-state index is 0.00830. The van der Waals surface area contributed by atoms with Crippen LogP contribution in [0.3, 0.4) is 0 Å². The maximum atomic E-state index is 14.0. The number of carbonyl (C=O) groups excluding carboxylic acids is 1. The van der Waals surface area contributed by atoms with Gasteiger partial charge >= 0.3 is 0 Å². The van der Waals surface area contributed by atoms with Crippen molar-refractivity contribution in [2.75, 3.05) is 67.9 Å². The van der Waals surface area contributed by atoms with Crippen LogP contribution in [0.15, 0.2) is 24.5 Å². The second-order valence-corrected chi connectivity index (χ2v) is 8.54. The van der Waals surface area contributed by atoms with E-state index in [9.17, 15) is 13.6 Å². The lowest BCUT2D eigenvalue weighted by Crippen LogP contribution is -2.50. The molecule has 4 heterocycles. The summed E-state index contributed by atoms with van der Waals surface area (Å²) in [5.41, 5.74) is 1.42. The van der Waals surface area contributed by atoms with E-state index in [1.165, 1.54) is 31.3 Å². The van der Waals surface area contributed by atoms with E-state index >= 15 is 0 Å². The Balaban J connectivity index is 1.33. The Kier molecular flexibility index (Phi) is 5.88. The highest BCUT2D eigenvalue weighted by Gasteiger charge is 2.30. The van der Waals surface area contributed by atoms with E-state index in [2.05, 4.69) is 35.3 Å². The molecule has 1 atom stereocenters. The van der Waals surface area contributed by atoms with E-state index < -0.39 is 11.6 Å². The van der Waals surface area contributed by atoms with Crippen LogP contribution in [0.5, 0.6) is 0 Å². The van der Waals surface area contributed by atoms with E-state index in [1.54, 1.807) is 6.07 Å². The highest BCUT2D eigenvalue weighted by molar-refractivity contribution is 6.02. The number of aromatic nitrogens is 2. The summed E-state index contributed by atoms with van der Waals surface area (Å²) >= 11 is 0. The van der Waals surface area contributed by atoms with Crippen molar-refractivity contribution in [3.05, 3.63) is 41.7 Å². The lowest BCUT2D eigenvalue weighted by molar-refractivity contribution is -0.114. The van der Waals surface area contributed by atoms with Crippen LogP contribution in [0, 0.1) is 11.6 Å². The number of hydrogen-bond acceptors (Lipinski definition) is 7. The zero-order valence-electron chi connectivity index (χ0n) is 17.9. The largest absolute Gasteiger partial charge is 0.359 e. The van der Waals surface area contributed by atoms with Crippen molar-refractivity contribution in [3.8, 4) is 0 Å². The number of benzene rings is 1. The van der Waals surface area contributed by atoms with Crippen LogP contribution >= 0.6 is 0 Å². The lowest BCUT2D eigenvalue weighted by Gasteiger charge is -2.41. The van der Waals surface area contributed by atoms with Gasteiger partial charge in [0.25, 0.3) is 0 Å². The van der Waals surface area contributed by atoms with Crippen molar-refractivity contribution < 1.29 is 13.6 Å². The molecule has 0 bridgehead atoms. The van der Waals surface area contributed by atoms with Crippen LogP contribution in [0.25, 0.3) is 0 Å². The van der Waals surface area contributed by atoms with Gasteiger partial charge in [0.05, 0.1) is 6.54 Å². The van der Waals surface area contributed by atoms with Gasteiger partial charge in [0.2, 0.25) is 5.91 Å². The Morgan fingerprint density at radius 1 is 1.00 bits per heavy atom. The first-order chi connectivity index (χ1) is 15.6. The molecule has 1 aromatic carbocycles. The number of nitrogens with zero attached hydrogens (tertiary/aromatic N) is 5. The first kappa shape index (κ1) is 21.0. The Bertz CT molecular complexity index is 990. The van der Waals surface area contributed by atoms with E-state index in [1.807, 2.05) is 0 Å². The second kappa shape index (κ2) is 8.95. The highest BCUT2D eigenvalue weighted by Crippen LogP contribution is 2.33. The molecule has 0 spiro atoms. The van der Waals surface area contributed by atoms with Gasteiger partial charge in [-0.3, -0.25) is 9.69 Å². The molecule has 2 aromatic rings. The van der Waals surface area contributed by atoms with E-state index in [-0.39, 0.29) is 18.5 Å². The second-order valence-electron chi connectivity index (χ2n) is 8.54. The van der Waals surface area contributed by atoms with Gasteiger partial charge in [-0.2, -0.15) is 0 Å². The number of nitrogens with one attached hydrogen (secondary N) is 2. The molecule has 1 unspecified atom stereocenters. The summed E-state index contributed by atoms with van der Waals surface area (Å²) in [6.45, 7) is 5.99. The third kappa shape index (κ3) is 4.24. The summed E-state index contributed by atoms with van der Waals surface area (Å²) in [6, 6.07) is 4.25. The van der Waals surface area contributed by atoms with Gasteiger partial charge in [0.15, 0.2) is 23.3 Å². The number of amides is 1. The maximum absolute atomic E-state index is 14.0. The molecule has 5 rings (SSSR count). The Morgan fingerprint density at radius 2 is 1.78 bits per heavy atom. The number of rotatable bonds is 5. The third-order valence-corrected chi connectivity index (χ3v) is 6.52. The molecule has 3 aliphatic rings. The number of likely N-dealkylation sites (tertiary alicyclic amines) is 1. The standard InChI is InChI=1S/C22H27F2N7O/c23-16-4-3-15(11-17(16)24)18(13-29-5-1-2-6-29)30-7-9-31(10-8-30)22-20-21(26-14-27-22)25-12-19(32)28-20/h3-4,11,14,18H,1-2,5-10,12-13H2,(H,28,32)(H,25,26,27). The smallest absolute Gasteiger partial charge is 0.243 e. The van der Waals surface area contributed by atoms with Crippen LogP contribution in [-0.2, 0) is 4.79 Å². The Hall–Kier alpha value is -2.85. The quantitative estimate of drug-likeness (QED) is 0.733. The highest BCUT2D eigenvalue weighted by atomic mass is 19.2. The summed E-state index contributed by atoms with van der Waals surface area (Å²) in [5, 5.41) is 5.90. The summed E-state index contributed by atoms with van der Waals surface area (Å²) in [6.07, 6.45) is 3.86. The predicted octanol–water partition coefficient (Wildman–Crippen LogP) is 2.08. The molecular formula is C22H27F2N7O. The molecule has 2 fully saturated rings. The van der Waals surface area contributed by atoms with Gasteiger partial charge in [0.1, 0.15) is 12.0 Å². The van der Waals surface area contributed by atoms with Crippen LogP contribution in [0.4, 0.5) is 26.1 Å². The van der Waals surface area contributed by atoms with Gasteiger partial charge < -0.3 is 20.4 Å². The molecule has 2 N–H and O–H groups in total. The van der Waals surface area contributed by atoms with Gasteiger partial charge in [-0.25, -0.2) is 18.7 Å². The summed E-state index contributed by atoms with van der Waals surface area (Å²) in [4.78, 5) is 27.4. The fraction of sp³-hybridized carbons (Fsp3) is 0.500. The fourth-order valence-electron chi connectivity index (χ4n) is 4.82. The normalized spacial score (nSPS) is 20.6. The molecule has 3 aliphatic heterocycles. The van der Waals surface area contributed by atoms with Crippen LogP contribution in [-0.4, -0.2) is 78.0 Å². The average molecular weight is 444 g/mol. The van der Waals surface area contributed by atoms with Crippen molar-refractivity contribution in [2.45, 2.75) is 18.9 Å². The molecule has 32 heavy (non-hydrogen) atoms. The number of carbonyl (C=O) groups is 1. The van der Waals surface area contributed by atoms with E-state index in [0.717, 1.165) is 38.3 Å². The Labute approximate surface area is 185 Å². The topological polar surface area (TPSA) is 76.6 Å². The summed E-state index contributed by atoms with van der Waals surface area (Å²) in [7, 11) is 0. The number of anilines is 3. The van der Waals surface area contributed by atoms with E-state index in [0.29, 0.717) is 30.4 Å². The minimum atomic E-state index is -0.817. The van der Waals surface area contributed by atoms with Crippen LogP contribution < -0.4 is 15.5 Å². The monoisotopic (exact) mass is 443 g/mol. The maximum Gasteiger partial charge on any atom is 0.243 e. The van der Waals surface area contributed by atoms with Crippen molar-refractivity contribution >= 4 is 23.2 Å². The van der Waals surface area contributed by atoms with Crippen molar-refractivity contribution in [3.63, 3.8) is 0 Å². The van der Waals surface area contributed by atoms with Crippen LogP contribution in [0.2, 0.25) is 0 Å². The van der Waals surface area contributed by atoms with Crippen molar-refractivity contribution in [1.82, 2.24) is 19.8 Å². The molecule has 170 valence electrons. The van der Waals surface area contributed by atoms with Gasteiger partial charge in [-0.1, -0.05) is 6.07 Å². The molecule has 8 nitrogen and oxygen atoms in total.